The highest BCUT2D eigenvalue weighted by atomic mass is 16.5. The van der Waals surface area contributed by atoms with Gasteiger partial charge in [0.25, 0.3) is 0 Å². The number of hydrogen-bond donors (Lipinski definition) is 0. The molecular weight excluding hydrogens is 306 g/mol. The second-order valence-electron chi connectivity index (χ2n) is 5.74. The molecule has 1 aromatic rings. The summed E-state index contributed by atoms with van der Waals surface area (Å²) in [6.07, 6.45) is 2.14. The summed E-state index contributed by atoms with van der Waals surface area (Å²) in [6.45, 7) is 6.28. The molecule has 5 nitrogen and oxygen atoms in total. The Kier molecular flexibility index (Phi) is 9.77. The predicted molar refractivity (Wildman–Crippen MR) is 93.8 cm³/mol. The Balaban J connectivity index is 2.50. The molecule has 5 heteroatoms. The van der Waals surface area contributed by atoms with Crippen molar-refractivity contribution in [1.29, 1.82) is 0 Å². The minimum atomic E-state index is -0.295. The lowest BCUT2D eigenvalue weighted by Gasteiger charge is -2.22. The molecule has 1 rings (SSSR count). The van der Waals surface area contributed by atoms with E-state index in [2.05, 4.69) is 29.0 Å². The van der Waals surface area contributed by atoms with Gasteiger partial charge in [-0.1, -0.05) is 29.8 Å². The lowest BCUT2D eigenvalue weighted by Crippen LogP contribution is -2.34. The van der Waals surface area contributed by atoms with E-state index >= 15 is 0 Å². The molecule has 0 fully saturated rings. The highest BCUT2D eigenvalue weighted by Crippen LogP contribution is 2.08. The zero-order chi connectivity index (χ0) is 17.8. The van der Waals surface area contributed by atoms with Crippen molar-refractivity contribution in [3.63, 3.8) is 0 Å². The zero-order valence-corrected chi connectivity index (χ0v) is 15.0. The van der Waals surface area contributed by atoms with Crippen LogP contribution in [-0.4, -0.2) is 50.2 Å². The number of amides is 1. The standard InChI is InChI=1S/C19H29NO4/c1-4-24-15-5-13-20(14-12-19(22)23-3)18(21)11-10-17-8-6-16(2)7-9-17/h6-9H,4-5,10-15H2,1-3H3. The molecule has 0 aliphatic rings. The van der Waals surface area contributed by atoms with Crippen molar-refractivity contribution in [1.82, 2.24) is 4.90 Å². The number of aryl methyl sites for hydroxylation is 2. The number of carbonyl (C=O) groups excluding carboxylic acids is 2. The van der Waals surface area contributed by atoms with Gasteiger partial charge in [-0.3, -0.25) is 9.59 Å². The Labute approximate surface area is 144 Å². The first-order valence-electron chi connectivity index (χ1n) is 8.54. The number of carbonyl (C=O) groups is 2. The van der Waals surface area contributed by atoms with Crippen LogP contribution in [0.15, 0.2) is 24.3 Å². The summed E-state index contributed by atoms with van der Waals surface area (Å²) < 4.78 is 9.98. The van der Waals surface area contributed by atoms with Crippen LogP contribution in [-0.2, 0) is 25.5 Å². The van der Waals surface area contributed by atoms with Crippen molar-refractivity contribution >= 4 is 11.9 Å². The molecular formula is C19H29NO4. The molecule has 0 bridgehead atoms. The maximum absolute atomic E-state index is 12.5. The lowest BCUT2D eigenvalue weighted by molar-refractivity contribution is -0.141. The molecule has 134 valence electrons. The summed E-state index contributed by atoms with van der Waals surface area (Å²) in [5, 5.41) is 0. The first-order valence-corrected chi connectivity index (χ1v) is 8.54. The summed E-state index contributed by atoms with van der Waals surface area (Å²) in [4.78, 5) is 25.6. The molecule has 0 saturated carbocycles. The van der Waals surface area contributed by atoms with Gasteiger partial charge in [-0.2, -0.15) is 0 Å². The van der Waals surface area contributed by atoms with E-state index in [1.165, 1.54) is 12.7 Å². The normalized spacial score (nSPS) is 10.5. The van der Waals surface area contributed by atoms with Crippen LogP contribution in [0.2, 0.25) is 0 Å². The smallest absolute Gasteiger partial charge is 0.307 e. The largest absolute Gasteiger partial charge is 0.469 e. The molecule has 0 N–H and O–H groups in total. The SMILES string of the molecule is CCOCCCN(CCC(=O)OC)C(=O)CCc1ccc(C)cc1. The highest BCUT2D eigenvalue weighted by molar-refractivity contribution is 5.77. The number of rotatable bonds is 11. The van der Waals surface area contributed by atoms with E-state index in [9.17, 15) is 9.59 Å². The minimum Gasteiger partial charge on any atom is -0.469 e. The van der Waals surface area contributed by atoms with Crippen LogP contribution in [0.25, 0.3) is 0 Å². The predicted octanol–water partition coefficient (Wildman–Crippen LogP) is 2.75. The van der Waals surface area contributed by atoms with Gasteiger partial charge in [0.1, 0.15) is 0 Å². The van der Waals surface area contributed by atoms with Crippen LogP contribution in [0.4, 0.5) is 0 Å². The lowest BCUT2D eigenvalue weighted by atomic mass is 10.1. The Morgan fingerprint density at radius 2 is 1.79 bits per heavy atom. The van der Waals surface area contributed by atoms with E-state index in [0.29, 0.717) is 39.1 Å². The van der Waals surface area contributed by atoms with Crippen LogP contribution in [0.1, 0.15) is 37.3 Å². The minimum absolute atomic E-state index is 0.0657. The topological polar surface area (TPSA) is 55.8 Å². The van der Waals surface area contributed by atoms with Crippen molar-refractivity contribution in [2.75, 3.05) is 33.4 Å². The maximum atomic E-state index is 12.5. The molecule has 0 aliphatic carbocycles. The number of nitrogens with zero attached hydrogens (tertiary/aromatic N) is 1. The third kappa shape index (κ3) is 8.11. The molecule has 24 heavy (non-hydrogen) atoms. The summed E-state index contributed by atoms with van der Waals surface area (Å²) in [6, 6.07) is 8.21. The average Bonchev–Trinajstić information content (AvgIpc) is 2.60. The Morgan fingerprint density at radius 3 is 2.42 bits per heavy atom. The van der Waals surface area contributed by atoms with Gasteiger partial charge in [0.15, 0.2) is 0 Å². The van der Waals surface area contributed by atoms with E-state index in [0.717, 1.165) is 12.0 Å². The van der Waals surface area contributed by atoms with Gasteiger partial charge >= 0.3 is 5.97 Å². The van der Waals surface area contributed by atoms with Gasteiger partial charge in [0.05, 0.1) is 13.5 Å². The molecule has 0 aliphatic heterocycles. The van der Waals surface area contributed by atoms with Crippen LogP contribution < -0.4 is 0 Å². The monoisotopic (exact) mass is 335 g/mol. The average molecular weight is 335 g/mol. The van der Waals surface area contributed by atoms with Crippen molar-refractivity contribution in [3.8, 4) is 0 Å². The van der Waals surface area contributed by atoms with Crippen LogP contribution in [0.3, 0.4) is 0 Å². The molecule has 1 amide bonds. The van der Waals surface area contributed by atoms with Crippen molar-refractivity contribution < 1.29 is 19.1 Å². The fourth-order valence-corrected chi connectivity index (χ4v) is 2.36. The number of benzene rings is 1. The van der Waals surface area contributed by atoms with Crippen molar-refractivity contribution in [2.24, 2.45) is 0 Å². The second kappa shape index (κ2) is 11.6. The van der Waals surface area contributed by atoms with Crippen LogP contribution in [0.5, 0.6) is 0 Å². The van der Waals surface area contributed by atoms with Crippen LogP contribution >= 0.6 is 0 Å². The van der Waals surface area contributed by atoms with E-state index < -0.39 is 0 Å². The highest BCUT2D eigenvalue weighted by Gasteiger charge is 2.15. The number of esters is 1. The van der Waals surface area contributed by atoms with Gasteiger partial charge in [-0.25, -0.2) is 0 Å². The summed E-state index contributed by atoms with van der Waals surface area (Å²) in [5.41, 5.74) is 2.36. The maximum Gasteiger partial charge on any atom is 0.307 e. The van der Waals surface area contributed by atoms with Crippen molar-refractivity contribution in [2.45, 2.75) is 39.5 Å². The molecule has 0 heterocycles. The van der Waals surface area contributed by atoms with E-state index in [-0.39, 0.29) is 18.3 Å². The van der Waals surface area contributed by atoms with Gasteiger partial charge in [-0.05, 0) is 32.3 Å². The Morgan fingerprint density at radius 1 is 1.08 bits per heavy atom. The van der Waals surface area contributed by atoms with Gasteiger partial charge in [-0.15, -0.1) is 0 Å². The first kappa shape index (κ1) is 20.2. The summed E-state index contributed by atoms with van der Waals surface area (Å²) >= 11 is 0. The van der Waals surface area contributed by atoms with E-state index in [4.69, 9.17) is 4.74 Å². The second-order valence-corrected chi connectivity index (χ2v) is 5.74. The van der Waals surface area contributed by atoms with E-state index in [1.54, 1.807) is 4.90 Å². The molecule has 1 aromatic carbocycles. The third-order valence-corrected chi connectivity index (χ3v) is 3.84. The number of hydrogen-bond acceptors (Lipinski definition) is 4. The first-order chi connectivity index (χ1) is 11.6. The molecule has 0 spiro atoms. The third-order valence-electron chi connectivity index (χ3n) is 3.84. The fourth-order valence-electron chi connectivity index (χ4n) is 2.36. The summed E-state index contributed by atoms with van der Waals surface area (Å²) in [7, 11) is 1.36. The van der Waals surface area contributed by atoms with E-state index in [1.807, 2.05) is 13.8 Å². The van der Waals surface area contributed by atoms with Gasteiger partial charge in [0.2, 0.25) is 5.91 Å². The molecule has 0 saturated heterocycles. The fraction of sp³-hybridized carbons (Fsp3) is 0.579. The quantitative estimate of drug-likeness (QED) is 0.461. The number of methoxy groups -OCH3 is 1. The van der Waals surface area contributed by atoms with Gasteiger partial charge < -0.3 is 14.4 Å². The number of ether oxygens (including phenoxy) is 2. The Bertz CT molecular complexity index is 499. The zero-order valence-electron chi connectivity index (χ0n) is 15.0. The molecule has 0 aromatic heterocycles. The Hall–Kier alpha value is -1.88. The summed E-state index contributed by atoms with van der Waals surface area (Å²) in [5.74, 6) is -0.230. The van der Waals surface area contributed by atoms with Gasteiger partial charge in [0, 0.05) is 32.7 Å². The molecule has 0 unspecified atom stereocenters. The van der Waals surface area contributed by atoms with Crippen LogP contribution in [0, 0.1) is 6.92 Å². The molecule has 0 radical (unpaired) electrons. The molecule has 0 atom stereocenters. The van der Waals surface area contributed by atoms with Crippen molar-refractivity contribution in [3.05, 3.63) is 35.4 Å².